The summed E-state index contributed by atoms with van der Waals surface area (Å²) in [5.41, 5.74) is 4.79. The van der Waals surface area contributed by atoms with Gasteiger partial charge in [-0.2, -0.15) is 13.5 Å². The maximum absolute atomic E-state index is 12.4. The number of likely N-dealkylation sites (tertiary alicyclic amines) is 1. The lowest BCUT2D eigenvalue weighted by atomic mass is 9.96. The van der Waals surface area contributed by atoms with Crippen LogP contribution in [0, 0.1) is 0 Å². The van der Waals surface area contributed by atoms with Gasteiger partial charge in [-0.15, -0.1) is 4.40 Å². The van der Waals surface area contributed by atoms with Gasteiger partial charge in [0.2, 0.25) is 0 Å². The van der Waals surface area contributed by atoms with Crippen LogP contribution in [-0.2, 0) is 36.5 Å². The molecule has 0 amide bonds. The number of likely N-dealkylation sites (N-methyl/N-ethyl adjacent to an activating group) is 1. The minimum absolute atomic E-state index is 0.249. The number of aromatic nitrogens is 2. The largest absolute Gasteiger partial charge is 0.354 e. The Morgan fingerprint density at radius 1 is 1.21 bits per heavy atom. The van der Waals surface area contributed by atoms with E-state index in [0.29, 0.717) is 16.3 Å². The standard InChI is InChI=1S/C21H27N5O2S/c1-24(21-17-8-4-6-10-20(17)29(27,28)23-21)15-11-12-26(13-15)14-19-16-7-3-5-9-18(16)22-25(19)2/h4,6,8,10,15H,3,5,7,9,11-14H2,1-2H3. The molecule has 3 aliphatic rings. The van der Waals surface area contributed by atoms with Gasteiger partial charge in [-0.05, 0) is 49.8 Å². The van der Waals surface area contributed by atoms with Crippen molar-refractivity contribution >= 4 is 15.9 Å². The summed E-state index contributed by atoms with van der Waals surface area (Å²) < 4.78 is 31.0. The Labute approximate surface area is 172 Å². The highest BCUT2D eigenvalue weighted by Gasteiger charge is 2.35. The summed E-state index contributed by atoms with van der Waals surface area (Å²) in [6, 6.07) is 7.36. The van der Waals surface area contributed by atoms with Gasteiger partial charge in [-0.3, -0.25) is 9.58 Å². The van der Waals surface area contributed by atoms with E-state index in [2.05, 4.69) is 25.9 Å². The smallest absolute Gasteiger partial charge is 0.285 e. The Morgan fingerprint density at radius 3 is 2.86 bits per heavy atom. The van der Waals surface area contributed by atoms with Gasteiger partial charge in [-0.1, -0.05) is 12.1 Å². The second kappa shape index (κ2) is 6.95. The first-order valence-corrected chi connectivity index (χ1v) is 11.8. The molecule has 3 heterocycles. The van der Waals surface area contributed by atoms with Crippen LogP contribution < -0.4 is 0 Å². The van der Waals surface area contributed by atoms with Gasteiger partial charge >= 0.3 is 0 Å². The highest BCUT2D eigenvalue weighted by Crippen LogP contribution is 2.30. The summed E-state index contributed by atoms with van der Waals surface area (Å²) in [6.45, 7) is 2.80. The van der Waals surface area contributed by atoms with Gasteiger partial charge in [0, 0.05) is 45.3 Å². The summed E-state index contributed by atoms with van der Waals surface area (Å²) in [6.07, 6.45) is 5.73. The molecule has 1 unspecified atom stereocenters. The van der Waals surface area contributed by atoms with Gasteiger partial charge in [0.1, 0.15) is 4.90 Å². The number of fused-ring (bicyclic) bond motifs is 2. The average Bonchev–Trinajstić information content (AvgIpc) is 3.38. The number of amidine groups is 1. The second-order valence-electron chi connectivity index (χ2n) is 8.38. The molecule has 1 aromatic heterocycles. The van der Waals surface area contributed by atoms with Crippen molar-refractivity contribution in [3.63, 3.8) is 0 Å². The molecule has 29 heavy (non-hydrogen) atoms. The maximum atomic E-state index is 12.4. The molecule has 8 heteroatoms. The minimum atomic E-state index is -3.58. The van der Waals surface area contributed by atoms with Crippen LogP contribution in [0.1, 0.15) is 41.8 Å². The Morgan fingerprint density at radius 2 is 2.00 bits per heavy atom. The molecule has 1 saturated heterocycles. The van der Waals surface area contributed by atoms with E-state index < -0.39 is 10.0 Å². The first-order chi connectivity index (χ1) is 13.9. The molecule has 0 N–H and O–H groups in total. The Hall–Kier alpha value is -2.19. The predicted octanol–water partition coefficient (Wildman–Crippen LogP) is 1.95. The topological polar surface area (TPSA) is 70.8 Å². The van der Waals surface area contributed by atoms with E-state index in [9.17, 15) is 8.42 Å². The van der Waals surface area contributed by atoms with Crippen LogP contribution in [0.25, 0.3) is 0 Å². The average molecular weight is 414 g/mol. The van der Waals surface area contributed by atoms with Crippen molar-refractivity contribution in [2.24, 2.45) is 11.4 Å². The van der Waals surface area contributed by atoms with Gasteiger partial charge in [-0.25, -0.2) is 0 Å². The third kappa shape index (κ3) is 3.18. The molecule has 1 atom stereocenters. The molecule has 0 spiro atoms. The van der Waals surface area contributed by atoms with E-state index in [0.717, 1.165) is 38.9 Å². The van der Waals surface area contributed by atoms with Gasteiger partial charge in [0.05, 0.1) is 11.4 Å². The zero-order valence-electron chi connectivity index (χ0n) is 17.0. The lowest BCUT2D eigenvalue weighted by molar-refractivity contribution is 0.288. The molecule has 1 aliphatic carbocycles. The van der Waals surface area contributed by atoms with E-state index in [4.69, 9.17) is 5.10 Å². The van der Waals surface area contributed by atoms with Crippen LogP contribution in [-0.4, -0.2) is 60.0 Å². The molecule has 0 bridgehead atoms. The number of aryl methyl sites for hydroxylation is 2. The van der Waals surface area contributed by atoms with Crippen LogP contribution >= 0.6 is 0 Å². The van der Waals surface area contributed by atoms with E-state index >= 15 is 0 Å². The van der Waals surface area contributed by atoms with Crippen molar-refractivity contribution in [1.29, 1.82) is 0 Å². The molecule has 5 rings (SSSR count). The van der Waals surface area contributed by atoms with E-state index in [1.54, 1.807) is 12.1 Å². The van der Waals surface area contributed by atoms with Crippen molar-refractivity contribution in [2.45, 2.75) is 49.6 Å². The van der Waals surface area contributed by atoms with E-state index in [1.165, 1.54) is 29.8 Å². The van der Waals surface area contributed by atoms with Crippen LogP contribution in [0.15, 0.2) is 33.6 Å². The lowest BCUT2D eigenvalue weighted by Crippen LogP contribution is -2.39. The van der Waals surface area contributed by atoms with Gasteiger partial charge in [0.15, 0.2) is 5.84 Å². The Balaban J connectivity index is 1.33. The fraction of sp³-hybridized carbons (Fsp3) is 0.524. The molecule has 0 radical (unpaired) electrons. The maximum Gasteiger partial charge on any atom is 0.285 e. The zero-order chi connectivity index (χ0) is 20.2. The summed E-state index contributed by atoms with van der Waals surface area (Å²) in [5.74, 6) is 0.574. The summed E-state index contributed by atoms with van der Waals surface area (Å²) in [7, 11) is 0.448. The first-order valence-electron chi connectivity index (χ1n) is 10.4. The van der Waals surface area contributed by atoms with Crippen LogP contribution in [0.3, 0.4) is 0 Å². The molecular weight excluding hydrogens is 386 g/mol. The number of nitrogens with zero attached hydrogens (tertiary/aromatic N) is 5. The van der Waals surface area contributed by atoms with Crippen molar-refractivity contribution in [1.82, 2.24) is 19.6 Å². The third-order valence-electron chi connectivity index (χ3n) is 6.56. The van der Waals surface area contributed by atoms with Gasteiger partial charge in [0.25, 0.3) is 10.0 Å². The fourth-order valence-electron chi connectivity index (χ4n) is 4.94. The quantitative estimate of drug-likeness (QED) is 0.769. The van der Waals surface area contributed by atoms with Crippen molar-refractivity contribution < 1.29 is 8.42 Å². The fourth-order valence-corrected chi connectivity index (χ4v) is 6.19. The summed E-state index contributed by atoms with van der Waals surface area (Å²) >= 11 is 0. The molecule has 2 aromatic rings. The van der Waals surface area contributed by atoms with Crippen molar-refractivity contribution in [3.8, 4) is 0 Å². The highest BCUT2D eigenvalue weighted by atomic mass is 32.2. The van der Waals surface area contributed by atoms with Crippen LogP contribution in [0.4, 0.5) is 0 Å². The highest BCUT2D eigenvalue weighted by molar-refractivity contribution is 7.90. The molecule has 1 fully saturated rings. The molecule has 7 nitrogen and oxygen atoms in total. The Bertz CT molecular complexity index is 1090. The van der Waals surface area contributed by atoms with Crippen LogP contribution in [0.5, 0.6) is 0 Å². The normalized spacial score (nSPS) is 23.0. The molecule has 0 saturated carbocycles. The number of benzene rings is 1. The molecule has 1 aromatic carbocycles. The molecular formula is C21H27N5O2S. The second-order valence-corrected chi connectivity index (χ2v) is 9.95. The monoisotopic (exact) mass is 413 g/mol. The summed E-state index contributed by atoms with van der Waals surface area (Å²) in [4.78, 5) is 4.84. The molecule has 154 valence electrons. The van der Waals surface area contributed by atoms with Crippen molar-refractivity contribution in [2.75, 3.05) is 20.1 Å². The van der Waals surface area contributed by atoms with Crippen molar-refractivity contribution in [3.05, 3.63) is 46.8 Å². The zero-order valence-corrected chi connectivity index (χ0v) is 17.8. The number of rotatable bonds is 3. The SMILES string of the molecule is CN(C1=NS(=O)(=O)c2ccccc21)C1CCN(Cc2c3c(nn2C)CCCC3)C1. The number of sulfonamides is 1. The number of hydrogen-bond donors (Lipinski definition) is 0. The minimum Gasteiger partial charge on any atom is -0.354 e. The molecule has 2 aliphatic heterocycles. The lowest BCUT2D eigenvalue weighted by Gasteiger charge is -2.27. The van der Waals surface area contributed by atoms with Gasteiger partial charge < -0.3 is 4.90 Å². The Kier molecular flexibility index (Phi) is 4.51. The third-order valence-corrected chi connectivity index (χ3v) is 7.89. The van der Waals surface area contributed by atoms with E-state index in [-0.39, 0.29) is 6.04 Å². The van der Waals surface area contributed by atoms with Crippen LogP contribution in [0.2, 0.25) is 0 Å². The first kappa shape index (κ1) is 18.8. The summed E-state index contributed by atoms with van der Waals surface area (Å²) in [5, 5.41) is 4.75. The predicted molar refractivity (Wildman–Crippen MR) is 111 cm³/mol. The number of hydrogen-bond acceptors (Lipinski definition) is 5. The van der Waals surface area contributed by atoms with E-state index in [1.807, 2.05) is 19.2 Å².